The number of methoxy groups -OCH3 is 1. The summed E-state index contributed by atoms with van der Waals surface area (Å²) in [6.45, 7) is 6.65. The van der Waals surface area contributed by atoms with E-state index in [9.17, 15) is 4.79 Å². The van der Waals surface area contributed by atoms with E-state index in [1.807, 2.05) is 13.8 Å². The van der Waals surface area contributed by atoms with Crippen LogP contribution in [0.25, 0.3) is 0 Å². The lowest BCUT2D eigenvalue weighted by Crippen LogP contribution is -2.37. The minimum absolute atomic E-state index is 0.0928. The quantitative estimate of drug-likeness (QED) is 0.695. The summed E-state index contributed by atoms with van der Waals surface area (Å²) < 4.78 is 10.0. The molecule has 1 N–H and O–H groups in total. The number of carbonyl (C=O) groups is 1. The molecule has 1 saturated heterocycles. The van der Waals surface area contributed by atoms with E-state index in [1.54, 1.807) is 0 Å². The van der Waals surface area contributed by atoms with Gasteiger partial charge in [-0.05, 0) is 32.2 Å². The number of nitrogens with one attached hydrogen (secondary N) is 1. The summed E-state index contributed by atoms with van der Waals surface area (Å²) in [5, 5.41) is 3.37. The Balaban J connectivity index is 2.13. The summed E-state index contributed by atoms with van der Waals surface area (Å²) in [4.78, 5) is 11.3. The molecule has 94 valence electrons. The van der Waals surface area contributed by atoms with Crippen LogP contribution in [0.2, 0.25) is 0 Å². The number of hydrogen-bond donors (Lipinski definition) is 1. The standard InChI is InChI=1S/C12H23NO3/c1-9(12(14)15-3)10(2)13-6-4-11-5-7-16-8-11/h9-11,13H,4-8H2,1-3H3. The summed E-state index contributed by atoms with van der Waals surface area (Å²) in [6, 6.07) is 0.162. The normalized spacial score (nSPS) is 24.1. The molecule has 1 rings (SSSR count). The van der Waals surface area contributed by atoms with E-state index in [1.165, 1.54) is 13.5 Å². The molecule has 0 saturated carbocycles. The Kier molecular flexibility index (Phi) is 5.77. The van der Waals surface area contributed by atoms with Crippen molar-refractivity contribution in [3.05, 3.63) is 0 Å². The van der Waals surface area contributed by atoms with Gasteiger partial charge in [0, 0.05) is 19.3 Å². The zero-order chi connectivity index (χ0) is 12.0. The number of esters is 1. The molecular formula is C12H23NO3. The molecule has 1 aliphatic heterocycles. The first kappa shape index (κ1) is 13.5. The van der Waals surface area contributed by atoms with E-state index in [2.05, 4.69) is 5.32 Å². The van der Waals surface area contributed by atoms with Crippen molar-refractivity contribution in [1.82, 2.24) is 5.32 Å². The van der Waals surface area contributed by atoms with E-state index < -0.39 is 0 Å². The van der Waals surface area contributed by atoms with Crippen molar-refractivity contribution in [2.45, 2.75) is 32.7 Å². The van der Waals surface area contributed by atoms with Gasteiger partial charge in [-0.15, -0.1) is 0 Å². The van der Waals surface area contributed by atoms with Crippen molar-refractivity contribution in [3.8, 4) is 0 Å². The van der Waals surface area contributed by atoms with Crippen LogP contribution in [0.4, 0.5) is 0 Å². The molecule has 4 heteroatoms. The van der Waals surface area contributed by atoms with Gasteiger partial charge in [-0.2, -0.15) is 0 Å². The average molecular weight is 229 g/mol. The third-order valence-electron chi connectivity index (χ3n) is 3.37. The Labute approximate surface area is 97.7 Å². The maximum absolute atomic E-state index is 11.3. The average Bonchev–Trinajstić information content (AvgIpc) is 2.79. The van der Waals surface area contributed by atoms with Crippen molar-refractivity contribution in [2.24, 2.45) is 11.8 Å². The molecule has 3 atom stereocenters. The summed E-state index contributed by atoms with van der Waals surface area (Å²) in [6.07, 6.45) is 2.29. The van der Waals surface area contributed by atoms with Crippen LogP contribution >= 0.6 is 0 Å². The van der Waals surface area contributed by atoms with Crippen molar-refractivity contribution in [3.63, 3.8) is 0 Å². The minimum Gasteiger partial charge on any atom is -0.469 e. The van der Waals surface area contributed by atoms with Crippen LogP contribution in [0, 0.1) is 11.8 Å². The zero-order valence-corrected chi connectivity index (χ0v) is 10.5. The van der Waals surface area contributed by atoms with E-state index in [0.29, 0.717) is 5.92 Å². The molecule has 0 spiro atoms. The Bertz CT molecular complexity index is 214. The van der Waals surface area contributed by atoms with Gasteiger partial charge in [-0.3, -0.25) is 4.79 Å². The molecule has 1 fully saturated rings. The Hall–Kier alpha value is -0.610. The lowest BCUT2D eigenvalue weighted by atomic mass is 10.0. The Morgan fingerprint density at radius 1 is 1.56 bits per heavy atom. The Morgan fingerprint density at radius 2 is 2.31 bits per heavy atom. The fourth-order valence-electron chi connectivity index (χ4n) is 1.89. The fraction of sp³-hybridized carbons (Fsp3) is 0.917. The second kappa shape index (κ2) is 6.86. The topological polar surface area (TPSA) is 47.6 Å². The maximum Gasteiger partial charge on any atom is 0.309 e. The van der Waals surface area contributed by atoms with Gasteiger partial charge in [-0.25, -0.2) is 0 Å². The number of carbonyl (C=O) groups excluding carboxylic acids is 1. The summed E-state index contributed by atoms with van der Waals surface area (Å²) in [5.41, 5.74) is 0. The zero-order valence-electron chi connectivity index (χ0n) is 10.5. The summed E-state index contributed by atoms with van der Waals surface area (Å²) >= 11 is 0. The van der Waals surface area contributed by atoms with Crippen LogP contribution in [0.1, 0.15) is 26.7 Å². The molecule has 0 aliphatic carbocycles. The second-order valence-corrected chi connectivity index (χ2v) is 4.57. The van der Waals surface area contributed by atoms with Gasteiger partial charge in [0.15, 0.2) is 0 Å². The largest absolute Gasteiger partial charge is 0.469 e. The molecular weight excluding hydrogens is 206 g/mol. The molecule has 16 heavy (non-hydrogen) atoms. The van der Waals surface area contributed by atoms with Gasteiger partial charge in [0.25, 0.3) is 0 Å². The molecule has 3 unspecified atom stereocenters. The number of rotatable bonds is 6. The third kappa shape index (κ3) is 4.10. The molecule has 1 heterocycles. The van der Waals surface area contributed by atoms with Crippen molar-refractivity contribution >= 4 is 5.97 Å². The summed E-state index contributed by atoms with van der Waals surface area (Å²) in [5.74, 6) is 0.446. The Morgan fingerprint density at radius 3 is 2.88 bits per heavy atom. The van der Waals surface area contributed by atoms with Crippen molar-refractivity contribution in [2.75, 3.05) is 26.9 Å². The van der Waals surface area contributed by atoms with Gasteiger partial charge in [0.05, 0.1) is 13.0 Å². The highest BCUT2D eigenvalue weighted by Gasteiger charge is 2.21. The van der Waals surface area contributed by atoms with Crippen LogP contribution < -0.4 is 5.32 Å². The van der Waals surface area contributed by atoms with E-state index in [0.717, 1.165) is 26.2 Å². The molecule has 4 nitrogen and oxygen atoms in total. The number of hydrogen-bond acceptors (Lipinski definition) is 4. The van der Waals surface area contributed by atoms with Crippen LogP contribution in [0.3, 0.4) is 0 Å². The van der Waals surface area contributed by atoms with E-state index in [-0.39, 0.29) is 17.9 Å². The van der Waals surface area contributed by atoms with Crippen LogP contribution in [0.5, 0.6) is 0 Å². The highest BCUT2D eigenvalue weighted by atomic mass is 16.5. The maximum atomic E-state index is 11.3. The molecule has 1 aliphatic rings. The second-order valence-electron chi connectivity index (χ2n) is 4.57. The first-order valence-corrected chi connectivity index (χ1v) is 6.04. The lowest BCUT2D eigenvalue weighted by molar-refractivity contribution is -0.145. The molecule has 0 bridgehead atoms. The smallest absolute Gasteiger partial charge is 0.309 e. The first-order chi connectivity index (χ1) is 7.65. The van der Waals surface area contributed by atoms with Gasteiger partial charge >= 0.3 is 5.97 Å². The fourth-order valence-corrected chi connectivity index (χ4v) is 1.89. The third-order valence-corrected chi connectivity index (χ3v) is 3.37. The van der Waals surface area contributed by atoms with Crippen molar-refractivity contribution in [1.29, 1.82) is 0 Å². The molecule has 0 radical (unpaired) electrons. The highest BCUT2D eigenvalue weighted by molar-refractivity contribution is 5.72. The monoisotopic (exact) mass is 229 g/mol. The molecule has 0 amide bonds. The van der Waals surface area contributed by atoms with Gasteiger partial charge < -0.3 is 14.8 Å². The van der Waals surface area contributed by atoms with Crippen LogP contribution in [-0.2, 0) is 14.3 Å². The van der Waals surface area contributed by atoms with E-state index in [4.69, 9.17) is 9.47 Å². The van der Waals surface area contributed by atoms with Crippen molar-refractivity contribution < 1.29 is 14.3 Å². The lowest BCUT2D eigenvalue weighted by Gasteiger charge is -2.20. The molecule has 0 aromatic heterocycles. The van der Waals surface area contributed by atoms with Gasteiger partial charge in [-0.1, -0.05) is 6.92 Å². The molecule has 0 aromatic rings. The minimum atomic E-state index is -0.149. The highest BCUT2D eigenvalue weighted by Crippen LogP contribution is 2.15. The summed E-state index contributed by atoms with van der Waals surface area (Å²) in [7, 11) is 1.43. The van der Waals surface area contributed by atoms with Gasteiger partial charge in [0.1, 0.15) is 0 Å². The van der Waals surface area contributed by atoms with Crippen LogP contribution in [0.15, 0.2) is 0 Å². The first-order valence-electron chi connectivity index (χ1n) is 6.04. The SMILES string of the molecule is COC(=O)C(C)C(C)NCCC1CCOC1. The van der Waals surface area contributed by atoms with E-state index >= 15 is 0 Å². The molecule has 0 aromatic carbocycles. The van der Waals surface area contributed by atoms with Crippen LogP contribution in [-0.4, -0.2) is 38.9 Å². The predicted octanol–water partition coefficient (Wildman–Crippen LogP) is 1.20. The number of ether oxygens (including phenoxy) is 2. The predicted molar refractivity (Wildman–Crippen MR) is 62.2 cm³/mol. The van der Waals surface area contributed by atoms with Gasteiger partial charge in [0.2, 0.25) is 0 Å².